The third-order valence-electron chi connectivity index (χ3n) is 5.02. The van der Waals surface area contributed by atoms with Gasteiger partial charge in [-0.15, -0.1) is 10.2 Å². The van der Waals surface area contributed by atoms with E-state index in [0.29, 0.717) is 12.5 Å². The zero-order chi connectivity index (χ0) is 19.2. The number of nitrogens with one attached hydrogen (secondary N) is 1. The van der Waals surface area contributed by atoms with Crippen molar-refractivity contribution < 1.29 is 4.79 Å². The van der Waals surface area contributed by atoms with Crippen LogP contribution in [0.5, 0.6) is 0 Å². The molecular weight excluding hydrogens is 352 g/mol. The molecule has 0 spiro atoms. The number of rotatable bonds is 6. The van der Waals surface area contributed by atoms with Crippen LogP contribution < -0.4 is 10.2 Å². The van der Waals surface area contributed by atoms with Crippen molar-refractivity contribution in [2.45, 2.75) is 19.4 Å². The number of hydrogen-bond donors (Lipinski definition) is 1. The molecular formula is C21H24N6O. The lowest BCUT2D eigenvalue weighted by Gasteiger charge is -2.33. The van der Waals surface area contributed by atoms with Crippen LogP contribution in [0, 0.1) is 5.92 Å². The molecule has 1 amide bonds. The van der Waals surface area contributed by atoms with Gasteiger partial charge in [-0.2, -0.15) is 5.10 Å². The lowest BCUT2D eigenvalue weighted by Crippen LogP contribution is -2.42. The van der Waals surface area contributed by atoms with E-state index in [9.17, 15) is 4.79 Å². The summed E-state index contributed by atoms with van der Waals surface area (Å²) >= 11 is 0. The molecule has 1 N–H and O–H groups in total. The Hall–Kier alpha value is -3.22. The molecule has 0 radical (unpaired) electrons. The number of carbonyl (C=O) groups is 1. The van der Waals surface area contributed by atoms with Crippen molar-refractivity contribution in [3.05, 3.63) is 60.9 Å². The Bertz CT molecular complexity index is 879. The molecule has 7 heteroatoms. The van der Waals surface area contributed by atoms with E-state index in [1.807, 2.05) is 48.5 Å². The smallest absolute Gasteiger partial charge is 0.241 e. The van der Waals surface area contributed by atoms with Gasteiger partial charge in [0.15, 0.2) is 5.82 Å². The minimum absolute atomic E-state index is 0.00664. The second-order valence-electron chi connectivity index (χ2n) is 7.10. The molecule has 1 unspecified atom stereocenters. The summed E-state index contributed by atoms with van der Waals surface area (Å²) in [5.41, 5.74) is 1.95. The first-order valence-electron chi connectivity index (χ1n) is 9.66. The molecule has 1 aromatic carbocycles. The predicted octanol–water partition coefficient (Wildman–Crippen LogP) is 2.37. The van der Waals surface area contributed by atoms with Crippen molar-refractivity contribution in [3.8, 4) is 11.3 Å². The number of piperidine rings is 1. The fourth-order valence-corrected chi connectivity index (χ4v) is 3.55. The zero-order valence-electron chi connectivity index (χ0n) is 15.7. The highest BCUT2D eigenvalue weighted by Crippen LogP contribution is 2.23. The van der Waals surface area contributed by atoms with E-state index in [2.05, 4.69) is 25.5 Å². The average molecular weight is 376 g/mol. The molecule has 1 atom stereocenters. The van der Waals surface area contributed by atoms with Crippen LogP contribution in [0.2, 0.25) is 0 Å². The normalized spacial score (nSPS) is 16.7. The Balaban J connectivity index is 1.31. The molecule has 0 saturated carbocycles. The Morgan fingerprint density at radius 2 is 2.00 bits per heavy atom. The summed E-state index contributed by atoms with van der Waals surface area (Å²) in [6.07, 6.45) is 5.66. The Morgan fingerprint density at radius 3 is 2.75 bits per heavy atom. The van der Waals surface area contributed by atoms with Crippen LogP contribution in [0.1, 0.15) is 12.8 Å². The first kappa shape index (κ1) is 18.2. The number of anilines is 1. The molecule has 0 bridgehead atoms. The van der Waals surface area contributed by atoms with Crippen molar-refractivity contribution in [2.75, 3.05) is 24.5 Å². The largest absolute Gasteiger partial charge is 0.355 e. The van der Waals surface area contributed by atoms with E-state index in [0.717, 1.165) is 43.0 Å². The summed E-state index contributed by atoms with van der Waals surface area (Å²) < 4.78 is 1.63. The average Bonchev–Trinajstić information content (AvgIpc) is 3.26. The van der Waals surface area contributed by atoms with Crippen LogP contribution in [0.4, 0.5) is 5.82 Å². The first-order chi connectivity index (χ1) is 13.8. The molecule has 3 heterocycles. The Morgan fingerprint density at radius 1 is 1.11 bits per heavy atom. The van der Waals surface area contributed by atoms with Gasteiger partial charge in [0, 0.05) is 37.6 Å². The highest BCUT2D eigenvalue weighted by Gasteiger charge is 2.22. The quantitative estimate of drug-likeness (QED) is 0.715. The van der Waals surface area contributed by atoms with E-state index in [-0.39, 0.29) is 12.5 Å². The van der Waals surface area contributed by atoms with Gasteiger partial charge in [0.1, 0.15) is 6.54 Å². The summed E-state index contributed by atoms with van der Waals surface area (Å²) in [4.78, 5) is 14.3. The van der Waals surface area contributed by atoms with Gasteiger partial charge in [0.05, 0.1) is 5.69 Å². The molecule has 2 aromatic heterocycles. The lowest BCUT2D eigenvalue weighted by atomic mass is 9.98. The Labute approximate surface area is 164 Å². The minimum atomic E-state index is -0.00664. The monoisotopic (exact) mass is 376 g/mol. The van der Waals surface area contributed by atoms with Gasteiger partial charge in [-0.1, -0.05) is 30.3 Å². The maximum atomic E-state index is 12.1. The van der Waals surface area contributed by atoms with Crippen LogP contribution in [0.3, 0.4) is 0 Å². The van der Waals surface area contributed by atoms with Crippen molar-refractivity contribution in [1.29, 1.82) is 0 Å². The highest BCUT2D eigenvalue weighted by atomic mass is 16.2. The molecule has 4 rings (SSSR count). The summed E-state index contributed by atoms with van der Waals surface area (Å²) in [6, 6.07) is 15.9. The van der Waals surface area contributed by atoms with Crippen LogP contribution in [-0.4, -0.2) is 45.5 Å². The number of hydrogen-bond acceptors (Lipinski definition) is 5. The summed E-state index contributed by atoms with van der Waals surface area (Å²) in [5, 5.41) is 15.9. The van der Waals surface area contributed by atoms with Gasteiger partial charge in [-0.05, 0) is 37.0 Å². The Kier molecular flexibility index (Phi) is 5.61. The number of carbonyl (C=O) groups excluding carboxylic acids is 1. The fourth-order valence-electron chi connectivity index (χ4n) is 3.55. The second kappa shape index (κ2) is 8.65. The van der Waals surface area contributed by atoms with Gasteiger partial charge >= 0.3 is 0 Å². The van der Waals surface area contributed by atoms with Gasteiger partial charge in [-0.25, -0.2) is 0 Å². The molecule has 28 heavy (non-hydrogen) atoms. The third kappa shape index (κ3) is 4.54. The maximum absolute atomic E-state index is 12.1. The third-order valence-corrected chi connectivity index (χ3v) is 5.02. The minimum Gasteiger partial charge on any atom is -0.355 e. The van der Waals surface area contributed by atoms with Crippen LogP contribution in [-0.2, 0) is 11.3 Å². The van der Waals surface area contributed by atoms with E-state index in [1.54, 1.807) is 17.1 Å². The molecule has 1 fully saturated rings. The molecule has 1 aliphatic rings. The fraction of sp³-hybridized carbons (Fsp3) is 0.333. The van der Waals surface area contributed by atoms with Gasteiger partial charge in [0.25, 0.3) is 0 Å². The predicted molar refractivity (Wildman–Crippen MR) is 108 cm³/mol. The number of benzene rings is 1. The van der Waals surface area contributed by atoms with E-state index < -0.39 is 0 Å². The van der Waals surface area contributed by atoms with Gasteiger partial charge < -0.3 is 10.2 Å². The van der Waals surface area contributed by atoms with E-state index in [4.69, 9.17) is 0 Å². The van der Waals surface area contributed by atoms with Crippen molar-refractivity contribution >= 4 is 11.7 Å². The van der Waals surface area contributed by atoms with Gasteiger partial charge in [-0.3, -0.25) is 9.48 Å². The SMILES string of the molecule is O=C(Cn1cccn1)NCC1CCCN(c2ccc(-c3ccccc3)nn2)C1. The number of nitrogens with zero attached hydrogens (tertiary/aromatic N) is 5. The second-order valence-corrected chi connectivity index (χ2v) is 7.10. The molecule has 3 aromatic rings. The molecule has 144 valence electrons. The zero-order valence-corrected chi connectivity index (χ0v) is 15.7. The van der Waals surface area contributed by atoms with Crippen molar-refractivity contribution in [2.24, 2.45) is 5.92 Å². The van der Waals surface area contributed by atoms with Gasteiger partial charge in [0.2, 0.25) is 5.91 Å². The summed E-state index contributed by atoms with van der Waals surface area (Å²) in [5.74, 6) is 1.30. The summed E-state index contributed by atoms with van der Waals surface area (Å²) in [6.45, 7) is 2.78. The summed E-state index contributed by atoms with van der Waals surface area (Å²) in [7, 11) is 0. The molecule has 7 nitrogen and oxygen atoms in total. The molecule has 1 saturated heterocycles. The lowest BCUT2D eigenvalue weighted by molar-refractivity contribution is -0.122. The van der Waals surface area contributed by atoms with Crippen LogP contribution >= 0.6 is 0 Å². The maximum Gasteiger partial charge on any atom is 0.241 e. The van der Waals surface area contributed by atoms with Crippen molar-refractivity contribution in [1.82, 2.24) is 25.3 Å². The number of amides is 1. The first-order valence-corrected chi connectivity index (χ1v) is 9.66. The molecule has 0 aliphatic carbocycles. The highest BCUT2D eigenvalue weighted by molar-refractivity contribution is 5.75. The standard InChI is InChI=1S/C21H24N6O/c28-21(16-27-13-5-11-23-27)22-14-17-6-4-12-26(15-17)20-10-9-19(24-25-20)18-7-2-1-3-8-18/h1-3,5,7-11,13,17H,4,6,12,14-16H2,(H,22,28). The van der Waals surface area contributed by atoms with Crippen LogP contribution in [0.25, 0.3) is 11.3 Å². The van der Waals surface area contributed by atoms with E-state index in [1.165, 1.54) is 0 Å². The molecule has 1 aliphatic heterocycles. The van der Waals surface area contributed by atoms with Crippen molar-refractivity contribution in [3.63, 3.8) is 0 Å². The van der Waals surface area contributed by atoms with Crippen LogP contribution in [0.15, 0.2) is 60.9 Å². The topological polar surface area (TPSA) is 75.9 Å². The number of aromatic nitrogens is 4. The van der Waals surface area contributed by atoms with E-state index >= 15 is 0 Å².